The van der Waals surface area contributed by atoms with Crippen LogP contribution in [0, 0.1) is 5.92 Å². The second-order valence-corrected chi connectivity index (χ2v) is 16.1. The van der Waals surface area contributed by atoms with Crippen molar-refractivity contribution in [3.05, 3.63) is 77.1 Å². The number of pyridine rings is 1. The first-order valence-electron chi connectivity index (χ1n) is 17.9. The Kier molecular flexibility index (Phi) is 14.2. The Bertz CT molecular complexity index is 1870. The molecule has 7 N–H and O–H groups in total. The molecule has 2 aliphatic carbocycles. The summed E-state index contributed by atoms with van der Waals surface area (Å²) in [6.07, 6.45) is -0.627. The van der Waals surface area contributed by atoms with Crippen LogP contribution in [0.15, 0.2) is 65.8 Å². The Morgan fingerprint density at radius 3 is 2.39 bits per heavy atom. The first-order chi connectivity index (χ1) is 25.7. The number of hydrogen-bond acceptors (Lipinski definition) is 12. The summed E-state index contributed by atoms with van der Waals surface area (Å²) in [5.41, 5.74) is 2.63. The number of ketones is 1. The van der Waals surface area contributed by atoms with E-state index in [0.717, 1.165) is 48.1 Å². The standard InChI is InChI=1S/C38H47ClN2O12S/c39-31-11-10-27(54(50,51)41-16-3-4-23(37(48)49)18-25(43)7-12-32(44)35(46)36(47)33(45)21-42)19-24(31)22-52-38(14-15-38)30-20-40-17-13-28(30)29-5-1-2-6-34(29)53-26-8-9-26/h1-2,5-6,10-11,13,17,19-20,23,26,32-33,35-36,41-42,44-47H,3-4,7-9,12,14-16,18,21-22H2,(H,48,49)/t23-,32?,33?,35?,36?/m1/s1. The average molecular weight is 791 g/mol. The molecular formula is C38H47ClN2O12S. The fraction of sp³-hybridized carbons (Fsp3) is 0.500. The summed E-state index contributed by atoms with van der Waals surface area (Å²) in [7, 11) is -4.03. The van der Waals surface area contributed by atoms with E-state index in [4.69, 9.17) is 26.2 Å². The largest absolute Gasteiger partial charge is 0.490 e. The molecule has 5 atom stereocenters. The predicted molar refractivity (Wildman–Crippen MR) is 196 cm³/mol. The number of Topliss-reactive ketones (excluding diaryl/α,β-unsaturated/α-hetero) is 1. The molecule has 14 nitrogen and oxygen atoms in total. The topological polar surface area (TPSA) is 233 Å². The number of sulfonamides is 1. The number of carbonyl (C=O) groups is 2. The van der Waals surface area contributed by atoms with Gasteiger partial charge in [0, 0.05) is 47.9 Å². The zero-order valence-corrected chi connectivity index (χ0v) is 31.2. The van der Waals surface area contributed by atoms with Crippen LogP contribution in [0.4, 0.5) is 0 Å². The third kappa shape index (κ3) is 10.8. The number of para-hydroxylation sites is 1. The highest BCUT2D eigenvalue weighted by Gasteiger charge is 2.48. The summed E-state index contributed by atoms with van der Waals surface area (Å²) in [5, 5.41) is 58.0. The minimum atomic E-state index is -4.03. The number of benzene rings is 2. The Labute approximate surface area is 318 Å². The van der Waals surface area contributed by atoms with Crippen LogP contribution in [0.3, 0.4) is 0 Å². The molecular weight excluding hydrogens is 744 g/mol. The van der Waals surface area contributed by atoms with Gasteiger partial charge in [-0.3, -0.25) is 14.6 Å². The van der Waals surface area contributed by atoms with Crippen molar-refractivity contribution in [1.29, 1.82) is 0 Å². The van der Waals surface area contributed by atoms with E-state index in [1.807, 2.05) is 30.3 Å². The van der Waals surface area contributed by atoms with Crippen LogP contribution in [0.25, 0.3) is 11.1 Å². The molecule has 294 valence electrons. The van der Waals surface area contributed by atoms with Crippen molar-refractivity contribution < 1.29 is 58.1 Å². The monoisotopic (exact) mass is 790 g/mol. The van der Waals surface area contributed by atoms with Crippen molar-refractivity contribution in [1.82, 2.24) is 9.71 Å². The normalized spacial score (nSPS) is 18.0. The number of aromatic nitrogens is 1. The van der Waals surface area contributed by atoms with E-state index in [1.54, 1.807) is 12.4 Å². The third-order valence-electron chi connectivity index (χ3n) is 9.73. The van der Waals surface area contributed by atoms with E-state index < -0.39 is 70.7 Å². The highest BCUT2D eigenvalue weighted by molar-refractivity contribution is 7.89. The minimum Gasteiger partial charge on any atom is -0.490 e. The van der Waals surface area contributed by atoms with Gasteiger partial charge < -0.3 is 40.1 Å². The van der Waals surface area contributed by atoms with Gasteiger partial charge in [-0.05, 0) is 86.4 Å². The Balaban J connectivity index is 1.14. The molecule has 54 heavy (non-hydrogen) atoms. The van der Waals surface area contributed by atoms with Gasteiger partial charge in [0.25, 0.3) is 0 Å². The second kappa shape index (κ2) is 18.4. The molecule has 0 amide bonds. The van der Waals surface area contributed by atoms with Crippen molar-refractivity contribution in [3.63, 3.8) is 0 Å². The maximum absolute atomic E-state index is 13.2. The summed E-state index contributed by atoms with van der Waals surface area (Å²) < 4.78 is 41.6. The van der Waals surface area contributed by atoms with Crippen LogP contribution in [-0.4, -0.2) is 99.5 Å². The van der Waals surface area contributed by atoms with Gasteiger partial charge in [0.2, 0.25) is 10.0 Å². The lowest BCUT2D eigenvalue weighted by molar-refractivity contribution is -0.144. The summed E-state index contributed by atoms with van der Waals surface area (Å²) in [6.45, 7) is -0.922. The maximum atomic E-state index is 13.2. The van der Waals surface area contributed by atoms with E-state index in [0.29, 0.717) is 10.6 Å². The number of rotatable bonds is 23. The van der Waals surface area contributed by atoms with Gasteiger partial charge in [0.15, 0.2) is 0 Å². The number of carbonyl (C=O) groups excluding carboxylic acids is 1. The predicted octanol–water partition coefficient (Wildman–Crippen LogP) is 3.08. The molecule has 2 aromatic carbocycles. The van der Waals surface area contributed by atoms with Gasteiger partial charge in [-0.25, -0.2) is 13.1 Å². The molecule has 2 aliphatic rings. The summed E-state index contributed by atoms with van der Waals surface area (Å²) in [5.74, 6) is -2.10. The number of carboxylic acids is 1. The summed E-state index contributed by atoms with van der Waals surface area (Å²) in [6, 6.07) is 14.1. The van der Waals surface area contributed by atoms with Crippen LogP contribution in [-0.2, 0) is 36.6 Å². The number of halogens is 1. The molecule has 0 radical (unpaired) electrons. The number of aliphatic carboxylic acids is 1. The van der Waals surface area contributed by atoms with Crippen LogP contribution in [0.5, 0.6) is 5.75 Å². The molecule has 1 heterocycles. The second-order valence-electron chi connectivity index (χ2n) is 13.9. The van der Waals surface area contributed by atoms with Gasteiger partial charge in [0.05, 0.1) is 41.8 Å². The summed E-state index contributed by atoms with van der Waals surface area (Å²) in [4.78, 5) is 28.6. The molecule has 16 heteroatoms. The van der Waals surface area contributed by atoms with E-state index in [9.17, 15) is 43.5 Å². The minimum absolute atomic E-state index is 0.0223. The molecule has 0 spiro atoms. The SMILES string of the molecule is O=C(CCC(O)C(O)C(O)C(O)CO)C[C@@H](CCCNS(=O)(=O)c1ccc(Cl)c(COC2(c3cnccc3-c3ccccc3OC3CC3)CC2)c1)C(=O)O. The van der Waals surface area contributed by atoms with Crippen LogP contribution >= 0.6 is 11.6 Å². The average Bonchev–Trinajstić information content (AvgIpc) is 4.11. The van der Waals surface area contributed by atoms with E-state index in [1.165, 1.54) is 18.2 Å². The first kappa shape index (κ1) is 41.6. The molecule has 0 saturated heterocycles. The number of nitrogens with one attached hydrogen (secondary N) is 1. The fourth-order valence-electron chi connectivity index (χ4n) is 6.17. The number of aliphatic hydroxyl groups is 5. The number of nitrogens with zero attached hydrogens (tertiary/aromatic N) is 1. The number of carboxylic acid groups (broad SMARTS) is 1. The van der Waals surface area contributed by atoms with Crippen molar-refractivity contribution in [2.24, 2.45) is 5.92 Å². The lowest BCUT2D eigenvalue weighted by Gasteiger charge is -2.25. The van der Waals surface area contributed by atoms with Crippen molar-refractivity contribution in [2.75, 3.05) is 13.2 Å². The number of ether oxygens (including phenoxy) is 2. The third-order valence-corrected chi connectivity index (χ3v) is 11.6. The molecule has 4 unspecified atom stereocenters. The quantitative estimate of drug-likeness (QED) is 0.0686. The van der Waals surface area contributed by atoms with Crippen molar-refractivity contribution in [2.45, 2.75) is 105 Å². The van der Waals surface area contributed by atoms with E-state index >= 15 is 0 Å². The van der Waals surface area contributed by atoms with Crippen LogP contribution < -0.4 is 9.46 Å². The lowest BCUT2D eigenvalue weighted by Crippen LogP contribution is -2.45. The van der Waals surface area contributed by atoms with Gasteiger partial charge in [-0.15, -0.1) is 0 Å². The first-order valence-corrected chi connectivity index (χ1v) is 19.8. The Morgan fingerprint density at radius 1 is 0.981 bits per heavy atom. The van der Waals surface area contributed by atoms with Gasteiger partial charge in [-0.1, -0.05) is 29.8 Å². The lowest BCUT2D eigenvalue weighted by atomic mass is 9.93. The fourth-order valence-corrected chi connectivity index (χ4v) is 7.47. The summed E-state index contributed by atoms with van der Waals surface area (Å²) >= 11 is 6.50. The maximum Gasteiger partial charge on any atom is 0.306 e. The van der Waals surface area contributed by atoms with E-state index in [-0.39, 0.29) is 49.8 Å². The van der Waals surface area contributed by atoms with Gasteiger partial charge in [-0.2, -0.15) is 0 Å². The molecule has 3 aromatic rings. The van der Waals surface area contributed by atoms with Gasteiger partial charge in [0.1, 0.15) is 29.8 Å². The van der Waals surface area contributed by atoms with Gasteiger partial charge >= 0.3 is 5.97 Å². The molecule has 1 aromatic heterocycles. The molecule has 2 fully saturated rings. The molecule has 2 saturated carbocycles. The molecule has 0 aliphatic heterocycles. The van der Waals surface area contributed by atoms with Crippen molar-refractivity contribution >= 4 is 33.4 Å². The highest BCUT2D eigenvalue weighted by atomic mass is 35.5. The molecule has 5 rings (SSSR count). The zero-order valence-electron chi connectivity index (χ0n) is 29.6. The van der Waals surface area contributed by atoms with E-state index in [2.05, 4.69) is 9.71 Å². The molecule has 0 bridgehead atoms. The van der Waals surface area contributed by atoms with Crippen LogP contribution in [0.2, 0.25) is 5.02 Å². The zero-order chi connectivity index (χ0) is 39.0. The highest BCUT2D eigenvalue weighted by Crippen LogP contribution is 2.53. The Hall–Kier alpha value is -3.51. The number of hydrogen-bond donors (Lipinski definition) is 7. The Morgan fingerprint density at radius 2 is 1.70 bits per heavy atom. The number of aliphatic hydroxyl groups excluding tert-OH is 5. The van der Waals surface area contributed by atoms with Crippen molar-refractivity contribution in [3.8, 4) is 16.9 Å². The smallest absolute Gasteiger partial charge is 0.306 e. The van der Waals surface area contributed by atoms with Crippen LogP contribution in [0.1, 0.15) is 68.9 Å².